The molecule has 0 aliphatic heterocycles. The Labute approximate surface area is 147 Å². The molecule has 5 nitrogen and oxygen atoms in total. The van der Waals surface area contributed by atoms with E-state index in [0.29, 0.717) is 18.7 Å². The Hall–Kier alpha value is -2.41. The lowest BCUT2D eigenvalue weighted by Gasteiger charge is -2.21. The third-order valence-electron chi connectivity index (χ3n) is 3.88. The van der Waals surface area contributed by atoms with Crippen molar-refractivity contribution in [2.75, 3.05) is 17.8 Å². The molecule has 0 aliphatic rings. The van der Waals surface area contributed by atoms with Crippen LogP contribution in [0.5, 0.6) is 0 Å². The topological polar surface area (TPSA) is 66.5 Å². The molecular formula is C18H21FN2O3S. The summed E-state index contributed by atoms with van der Waals surface area (Å²) < 4.78 is 41.0. The van der Waals surface area contributed by atoms with Gasteiger partial charge in [0.05, 0.1) is 16.1 Å². The third kappa shape index (κ3) is 4.17. The first-order valence-electron chi connectivity index (χ1n) is 7.97. The van der Waals surface area contributed by atoms with E-state index in [2.05, 4.69) is 4.72 Å². The van der Waals surface area contributed by atoms with Gasteiger partial charge in [0.1, 0.15) is 5.82 Å². The van der Waals surface area contributed by atoms with Crippen molar-refractivity contribution in [3.63, 3.8) is 0 Å². The van der Waals surface area contributed by atoms with Crippen LogP contribution in [0.3, 0.4) is 0 Å². The highest BCUT2D eigenvalue weighted by molar-refractivity contribution is 7.92. The molecule has 0 aliphatic carbocycles. The van der Waals surface area contributed by atoms with Crippen molar-refractivity contribution < 1.29 is 17.6 Å². The number of amides is 1. The zero-order chi connectivity index (χ0) is 18.6. The second kappa shape index (κ2) is 7.65. The standard InChI is InChI=1S/C18H21FN2O3S/c1-4-21(5-2)18(22)15-8-6-7-9-16(15)20-25(23,24)17-11-10-14(19)12-13(17)3/h6-12,20H,4-5H2,1-3H3. The van der Waals surface area contributed by atoms with Gasteiger partial charge in [-0.25, -0.2) is 12.8 Å². The Morgan fingerprint density at radius 1 is 1.12 bits per heavy atom. The molecule has 0 fully saturated rings. The minimum Gasteiger partial charge on any atom is -0.339 e. The number of para-hydroxylation sites is 1. The lowest BCUT2D eigenvalue weighted by atomic mass is 10.1. The lowest BCUT2D eigenvalue weighted by molar-refractivity contribution is 0.0774. The van der Waals surface area contributed by atoms with Gasteiger partial charge in [-0.3, -0.25) is 9.52 Å². The largest absolute Gasteiger partial charge is 0.339 e. The first kappa shape index (κ1) is 18.9. The van der Waals surface area contributed by atoms with Crippen LogP contribution in [-0.2, 0) is 10.0 Å². The molecule has 7 heteroatoms. The Kier molecular flexibility index (Phi) is 5.79. The van der Waals surface area contributed by atoms with Gasteiger partial charge < -0.3 is 4.90 Å². The zero-order valence-electron chi connectivity index (χ0n) is 14.4. The molecule has 0 saturated carbocycles. The monoisotopic (exact) mass is 364 g/mol. The Morgan fingerprint density at radius 3 is 2.36 bits per heavy atom. The van der Waals surface area contributed by atoms with Crippen molar-refractivity contribution in [2.45, 2.75) is 25.7 Å². The number of halogens is 1. The van der Waals surface area contributed by atoms with Crippen LogP contribution in [-0.4, -0.2) is 32.3 Å². The van der Waals surface area contributed by atoms with Gasteiger partial charge >= 0.3 is 0 Å². The average Bonchev–Trinajstić information content (AvgIpc) is 2.55. The zero-order valence-corrected chi connectivity index (χ0v) is 15.2. The molecular weight excluding hydrogens is 343 g/mol. The normalized spacial score (nSPS) is 11.2. The van der Waals surface area contributed by atoms with Gasteiger partial charge in [0.15, 0.2) is 0 Å². The lowest BCUT2D eigenvalue weighted by Crippen LogP contribution is -2.31. The molecule has 25 heavy (non-hydrogen) atoms. The first-order valence-corrected chi connectivity index (χ1v) is 9.45. The van der Waals surface area contributed by atoms with E-state index < -0.39 is 15.8 Å². The molecule has 0 heterocycles. The number of sulfonamides is 1. The smallest absolute Gasteiger partial charge is 0.262 e. The fourth-order valence-electron chi connectivity index (χ4n) is 2.55. The van der Waals surface area contributed by atoms with E-state index in [1.807, 2.05) is 13.8 Å². The van der Waals surface area contributed by atoms with Gasteiger partial charge in [-0.2, -0.15) is 0 Å². The van der Waals surface area contributed by atoms with Crippen LogP contribution in [0, 0.1) is 12.7 Å². The summed E-state index contributed by atoms with van der Waals surface area (Å²) in [5.41, 5.74) is 0.762. The molecule has 0 unspecified atom stereocenters. The number of hydrogen-bond acceptors (Lipinski definition) is 3. The maximum atomic E-state index is 13.2. The van der Waals surface area contributed by atoms with E-state index >= 15 is 0 Å². The van der Waals surface area contributed by atoms with Crippen molar-refractivity contribution in [2.24, 2.45) is 0 Å². The molecule has 0 spiro atoms. The molecule has 134 valence electrons. The summed E-state index contributed by atoms with van der Waals surface area (Å²) in [5.74, 6) is -0.757. The van der Waals surface area contributed by atoms with Gasteiger partial charge in [-0.1, -0.05) is 12.1 Å². The maximum Gasteiger partial charge on any atom is 0.262 e. The van der Waals surface area contributed by atoms with Crippen LogP contribution in [0.25, 0.3) is 0 Å². The van der Waals surface area contributed by atoms with Crippen LogP contribution in [0.2, 0.25) is 0 Å². The second-order valence-electron chi connectivity index (χ2n) is 5.54. The number of benzene rings is 2. The van der Waals surface area contributed by atoms with E-state index in [1.54, 1.807) is 23.1 Å². The predicted molar refractivity (Wildman–Crippen MR) is 95.6 cm³/mol. The molecule has 1 N–H and O–H groups in total. The molecule has 0 saturated heterocycles. The Morgan fingerprint density at radius 2 is 1.76 bits per heavy atom. The summed E-state index contributed by atoms with van der Waals surface area (Å²) in [4.78, 5) is 14.2. The van der Waals surface area contributed by atoms with Gasteiger partial charge in [-0.05, 0) is 56.7 Å². The van der Waals surface area contributed by atoms with E-state index in [0.717, 1.165) is 12.1 Å². The Bertz CT molecular complexity index is 878. The van der Waals surface area contributed by atoms with Crippen LogP contribution in [0.1, 0.15) is 29.8 Å². The highest BCUT2D eigenvalue weighted by atomic mass is 32.2. The van der Waals surface area contributed by atoms with Crippen molar-refractivity contribution >= 4 is 21.6 Å². The highest BCUT2D eigenvalue weighted by Crippen LogP contribution is 2.23. The predicted octanol–water partition coefficient (Wildman–Crippen LogP) is 3.42. The molecule has 2 rings (SSSR count). The third-order valence-corrected chi connectivity index (χ3v) is 5.40. The number of nitrogens with zero attached hydrogens (tertiary/aromatic N) is 1. The minimum absolute atomic E-state index is 0.0287. The number of rotatable bonds is 6. The highest BCUT2D eigenvalue weighted by Gasteiger charge is 2.22. The van der Waals surface area contributed by atoms with Gasteiger partial charge in [0.25, 0.3) is 15.9 Å². The summed E-state index contributed by atoms with van der Waals surface area (Å²) in [6.45, 7) is 6.28. The van der Waals surface area contributed by atoms with Crippen LogP contribution in [0.4, 0.5) is 10.1 Å². The fraction of sp³-hybridized carbons (Fsp3) is 0.278. The minimum atomic E-state index is -3.94. The van der Waals surface area contributed by atoms with Crippen molar-refractivity contribution in [3.05, 3.63) is 59.4 Å². The molecule has 1 amide bonds. The summed E-state index contributed by atoms with van der Waals surface area (Å²) in [6.07, 6.45) is 0. The van der Waals surface area contributed by atoms with Crippen LogP contribution < -0.4 is 4.72 Å². The number of anilines is 1. The van der Waals surface area contributed by atoms with E-state index in [-0.39, 0.29) is 22.1 Å². The maximum absolute atomic E-state index is 13.2. The van der Waals surface area contributed by atoms with Crippen molar-refractivity contribution in [1.82, 2.24) is 4.90 Å². The Balaban J connectivity index is 2.42. The van der Waals surface area contributed by atoms with Gasteiger partial charge in [0, 0.05) is 13.1 Å². The van der Waals surface area contributed by atoms with Crippen molar-refractivity contribution in [3.8, 4) is 0 Å². The summed E-state index contributed by atoms with van der Waals surface area (Å²) >= 11 is 0. The summed E-state index contributed by atoms with van der Waals surface area (Å²) in [6, 6.07) is 9.90. The number of aryl methyl sites for hydroxylation is 1. The first-order chi connectivity index (χ1) is 11.8. The molecule has 0 bridgehead atoms. The molecule has 0 atom stereocenters. The molecule has 2 aromatic carbocycles. The number of carbonyl (C=O) groups excluding carboxylic acids is 1. The molecule has 0 aromatic heterocycles. The number of nitrogens with one attached hydrogen (secondary N) is 1. The summed E-state index contributed by atoms with van der Waals surface area (Å²) in [5, 5.41) is 0. The van der Waals surface area contributed by atoms with Gasteiger partial charge in [-0.15, -0.1) is 0 Å². The van der Waals surface area contributed by atoms with E-state index in [1.165, 1.54) is 19.1 Å². The van der Waals surface area contributed by atoms with Gasteiger partial charge in [0.2, 0.25) is 0 Å². The fourth-order valence-corrected chi connectivity index (χ4v) is 3.86. The summed E-state index contributed by atoms with van der Waals surface area (Å²) in [7, 11) is -3.94. The van der Waals surface area contributed by atoms with Crippen molar-refractivity contribution in [1.29, 1.82) is 0 Å². The molecule has 0 radical (unpaired) electrons. The molecule has 2 aromatic rings. The van der Waals surface area contributed by atoms with Crippen LogP contribution in [0.15, 0.2) is 47.4 Å². The number of carbonyl (C=O) groups is 1. The quantitative estimate of drug-likeness (QED) is 0.854. The number of hydrogen-bond donors (Lipinski definition) is 1. The average molecular weight is 364 g/mol. The van der Waals surface area contributed by atoms with Crippen LogP contribution >= 0.6 is 0 Å². The second-order valence-corrected chi connectivity index (χ2v) is 7.19. The SMILES string of the molecule is CCN(CC)C(=O)c1ccccc1NS(=O)(=O)c1ccc(F)cc1C. The van der Waals surface area contributed by atoms with E-state index in [9.17, 15) is 17.6 Å². The van der Waals surface area contributed by atoms with E-state index in [4.69, 9.17) is 0 Å².